The first-order valence-electron chi connectivity index (χ1n) is 10.7. The van der Waals surface area contributed by atoms with Crippen LogP contribution in [-0.2, 0) is 0 Å². The molecule has 0 bridgehead atoms. The number of methoxy groups -OCH3 is 2. The Hall–Kier alpha value is -3.65. The van der Waals surface area contributed by atoms with E-state index in [4.69, 9.17) is 26.1 Å². The fourth-order valence-corrected chi connectivity index (χ4v) is 4.37. The van der Waals surface area contributed by atoms with E-state index in [1.807, 2.05) is 30.5 Å². The van der Waals surface area contributed by atoms with E-state index in [9.17, 15) is 4.79 Å². The molecule has 0 unspecified atom stereocenters. The number of urea groups is 1. The van der Waals surface area contributed by atoms with Gasteiger partial charge >= 0.3 is 6.03 Å². The van der Waals surface area contributed by atoms with Crippen molar-refractivity contribution < 1.29 is 14.3 Å². The highest BCUT2D eigenvalue weighted by Crippen LogP contribution is 2.30. The maximum Gasteiger partial charge on any atom is 0.321 e. The third kappa shape index (κ3) is 3.98. The fraction of sp³-hybridized carbons (Fsp3) is 0.250. The van der Waals surface area contributed by atoms with Crippen molar-refractivity contribution >= 4 is 45.7 Å². The predicted octanol–water partition coefficient (Wildman–Crippen LogP) is 4.51. The van der Waals surface area contributed by atoms with Crippen LogP contribution in [0, 0.1) is 0 Å². The molecule has 2 amide bonds. The number of anilines is 2. The molecule has 0 aliphatic carbocycles. The Morgan fingerprint density at radius 2 is 1.76 bits per heavy atom. The molecule has 0 atom stereocenters. The second kappa shape index (κ2) is 8.71. The number of carbonyl (C=O) groups excluding carboxylic acids is 1. The van der Waals surface area contributed by atoms with E-state index in [-0.39, 0.29) is 6.03 Å². The monoisotopic (exact) mass is 465 g/mol. The Bertz CT molecular complexity index is 1330. The summed E-state index contributed by atoms with van der Waals surface area (Å²) in [7, 11) is 3.15. The number of halogens is 1. The van der Waals surface area contributed by atoms with E-state index in [0.29, 0.717) is 48.4 Å². The van der Waals surface area contributed by atoms with Crippen LogP contribution < -0.4 is 19.7 Å². The molecule has 0 saturated carbocycles. The Morgan fingerprint density at radius 1 is 0.970 bits per heavy atom. The molecule has 9 heteroatoms. The summed E-state index contributed by atoms with van der Waals surface area (Å²) in [5.74, 6) is 2.08. The minimum atomic E-state index is -0.145. The number of nitrogens with zero attached hydrogens (tertiary/aromatic N) is 4. The van der Waals surface area contributed by atoms with Gasteiger partial charge in [-0.25, -0.2) is 9.78 Å². The van der Waals surface area contributed by atoms with Crippen LogP contribution in [0.2, 0.25) is 5.02 Å². The number of hydrogen-bond donors (Lipinski definition) is 1. The van der Waals surface area contributed by atoms with E-state index in [1.165, 1.54) is 0 Å². The lowest BCUT2D eigenvalue weighted by Gasteiger charge is -2.35. The van der Waals surface area contributed by atoms with E-state index in [0.717, 1.165) is 22.4 Å². The summed E-state index contributed by atoms with van der Waals surface area (Å²) >= 11 is 6.21. The number of aromatic nitrogens is 2. The number of ether oxygens (including phenoxy) is 2. The molecule has 0 radical (unpaired) electrons. The third-order valence-corrected chi connectivity index (χ3v) is 6.14. The van der Waals surface area contributed by atoms with Crippen LogP contribution in [0.15, 0.2) is 54.7 Å². The average Bonchev–Trinajstić information content (AvgIpc) is 3.33. The first kappa shape index (κ1) is 21.2. The van der Waals surface area contributed by atoms with Gasteiger partial charge in [-0.1, -0.05) is 11.6 Å². The van der Waals surface area contributed by atoms with E-state index >= 15 is 0 Å². The molecule has 5 rings (SSSR count). The summed E-state index contributed by atoms with van der Waals surface area (Å²) in [5, 5.41) is 3.60. The summed E-state index contributed by atoms with van der Waals surface area (Å²) < 4.78 is 12.7. The zero-order valence-electron chi connectivity index (χ0n) is 18.4. The molecule has 0 spiro atoms. The van der Waals surface area contributed by atoms with Crippen LogP contribution in [0.3, 0.4) is 0 Å². The number of piperazine rings is 1. The zero-order chi connectivity index (χ0) is 22.9. The van der Waals surface area contributed by atoms with Gasteiger partial charge in [0.25, 0.3) is 0 Å². The van der Waals surface area contributed by atoms with Gasteiger partial charge in [0.1, 0.15) is 0 Å². The molecule has 1 aliphatic rings. The first-order chi connectivity index (χ1) is 16.1. The quantitative estimate of drug-likeness (QED) is 0.480. The highest BCUT2D eigenvalue weighted by Gasteiger charge is 2.24. The molecule has 33 heavy (non-hydrogen) atoms. The molecule has 4 aromatic rings. The number of nitrogens with one attached hydrogen (secondary N) is 1. The fourth-order valence-electron chi connectivity index (χ4n) is 4.20. The van der Waals surface area contributed by atoms with Crippen molar-refractivity contribution in [3.05, 3.63) is 59.8 Å². The van der Waals surface area contributed by atoms with Gasteiger partial charge in [0, 0.05) is 49.2 Å². The van der Waals surface area contributed by atoms with Crippen molar-refractivity contribution in [3.8, 4) is 11.5 Å². The van der Waals surface area contributed by atoms with Gasteiger partial charge in [-0.15, -0.1) is 0 Å². The third-order valence-electron chi connectivity index (χ3n) is 5.90. The summed E-state index contributed by atoms with van der Waals surface area (Å²) in [4.78, 5) is 21.8. The zero-order valence-corrected chi connectivity index (χ0v) is 19.2. The second-order valence-electron chi connectivity index (χ2n) is 7.81. The molecule has 1 fully saturated rings. The Kier molecular flexibility index (Phi) is 5.60. The van der Waals surface area contributed by atoms with E-state index in [1.54, 1.807) is 37.3 Å². The summed E-state index contributed by atoms with van der Waals surface area (Å²) in [6.07, 6.45) is 2.03. The van der Waals surface area contributed by atoms with Crippen LogP contribution in [0.5, 0.6) is 11.5 Å². The molecule has 2 aromatic heterocycles. The van der Waals surface area contributed by atoms with Crippen LogP contribution >= 0.6 is 11.6 Å². The summed E-state index contributed by atoms with van der Waals surface area (Å²) in [6.45, 7) is 2.53. The Morgan fingerprint density at radius 3 is 2.52 bits per heavy atom. The van der Waals surface area contributed by atoms with Gasteiger partial charge in [0.05, 0.1) is 30.8 Å². The topological polar surface area (TPSA) is 71.3 Å². The van der Waals surface area contributed by atoms with Crippen molar-refractivity contribution in [1.29, 1.82) is 0 Å². The average molecular weight is 466 g/mol. The second-order valence-corrected chi connectivity index (χ2v) is 8.24. The molecular formula is C24H24ClN5O3. The molecule has 1 N–H and O–H groups in total. The first-order valence-corrected chi connectivity index (χ1v) is 11.0. The number of fused-ring (bicyclic) bond motifs is 3. The van der Waals surface area contributed by atoms with Crippen molar-refractivity contribution in [2.24, 2.45) is 0 Å². The van der Waals surface area contributed by atoms with Gasteiger partial charge < -0.3 is 29.0 Å². The van der Waals surface area contributed by atoms with Crippen molar-refractivity contribution in [2.75, 3.05) is 50.6 Å². The minimum Gasteiger partial charge on any atom is -0.493 e. The highest BCUT2D eigenvalue weighted by molar-refractivity contribution is 6.31. The molecule has 2 aromatic carbocycles. The van der Waals surface area contributed by atoms with Crippen molar-refractivity contribution in [3.63, 3.8) is 0 Å². The Balaban J connectivity index is 1.31. The standard InChI is InChI=1S/C24H24ClN5O3/c1-32-21-8-6-17(15-22(21)33-2)26-24(31)29-12-10-28(11-13-29)23-20-4-3-9-30(20)19-7-5-16(25)14-18(19)27-23/h3-9,14-15H,10-13H2,1-2H3,(H,26,31). The SMILES string of the molecule is COc1ccc(NC(=O)N2CCN(c3nc4cc(Cl)ccc4n4cccc34)CC2)cc1OC. The lowest BCUT2D eigenvalue weighted by molar-refractivity contribution is 0.208. The van der Waals surface area contributed by atoms with Gasteiger partial charge in [-0.05, 0) is 42.5 Å². The molecule has 8 nitrogen and oxygen atoms in total. The van der Waals surface area contributed by atoms with Crippen molar-refractivity contribution in [2.45, 2.75) is 0 Å². The van der Waals surface area contributed by atoms with Gasteiger partial charge in [-0.2, -0.15) is 0 Å². The lowest BCUT2D eigenvalue weighted by atomic mass is 10.2. The maximum atomic E-state index is 12.8. The normalized spacial score (nSPS) is 14.0. The summed E-state index contributed by atoms with van der Waals surface area (Å²) in [6, 6.07) is 15.0. The number of amides is 2. The van der Waals surface area contributed by atoms with Crippen LogP contribution in [0.1, 0.15) is 0 Å². The molecular weight excluding hydrogens is 442 g/mol. The molecule has 170 valence electrons. The van der Waals surface area contributed by atoms with Crippen LogP contribution in [0.25, 0.3) is 16.6 Å². The van der Waals surface area contributed by atoms with Crippen molar-refractivity contribution in [1.82, 2.24) is 14.3 Å². The molecule has 3 heterocycles. The number of carbonyl (C=O) groups is 1. The Labute approximate surface area is 196 Å². The number of rotatable bonds is 4. The van der Waals surface area contributed by atoms with Gasteiger partial charge in [0.2, 0.25) is 0 Å². The number of hydrogen-bond acceptors (Lipinski definition) is 5. The maximum absolute atomic E-state index is 12.8. The van der Waals surface area contributed by atoms with Gasteiger partial charge in [-0.3, -0.25) is 0 Å². The van der Waals surface area contributed by atoms with E-state index < -0.39 is 0 Å². The van der Waals surface area contributed by atoms with Crippen LogP contribution in [-0.4, -0.2) is 60.7 Å². The molecule has 1 saturated heterocycles. The molecule has 1 aliphatic heterocycles. The predicted molar refractivity (Wildman–Crippen MR) is 130 cm³/mol. The lowest BCUT2D eigenvalue weighted by Crippen LogP contribution is -2.50. The van der Waals surface area contributed by atoms with Gasteiger partial charge in [0.15, 0.2) is 17.3 Å². The largest absolute Gasteiger partial charge is 0.493 e. The minimum absolute atomic E-state index is 0.145. The number of benzene rings is 2. The van der Waals surface area contributed by atoms with E-state index in [2.05, 4.69) is 20.7 Å². The smallest absolute Gasteiger partial charge is 0.321 e. The summed E-state index contributed by atoms with van der Waals surface area (Å²) in [5.41, 5.74) is 3.54. The highest BCUT2D eigenvalue weighted by atomic mass is 35.5. The van der Waals surface area contributed by atoms with Crippen LogP contribution in [0.4, 0.5) is 16.3 Å².